The van der Waals surface area contributed by atoms with Crippen LogP contribution < -0.4 is 5.32 Å². The molecule has 4 amide bonds. The largest absolute Gasteiger partial charge is 0.480 e. The Morgan fingerprint density at radius 1 is 1.25 bits per heavy atom. The van der Waals surface area contributed by atoms with Crippen molar-refractivity contribution in [3.05, 3.63) is 0 Å². The van der Waals surface area contributed by atoms with Crippen molar-refractivity contribution in [2.45, 2.75) is 57.0 Å². The van der Waals surface area contributed by atoms with Gasteiger partial charge in [0.15, 0.2) is 0 Å². The van der Waals surface area contributed by atoms with Gasteiger partial charge in [0, 0.05) is 6.54 Å². The van der Waals surface area contributed by atoms with Gasteiger partial charge >= 0.3 is 12.0 Å². The van der Waals surface area contributed by atoms with E-state index in [0.29, 0.717) is 25.8 Å². The Labute approximate surface area is 140 Å². The molecule has 1 aliphatic carbocycles. The van der Waals surface area contributed by atoms with Crippen LogP contribution in [0.15, 0.2) is 0 Å². The van der Waals surface area contributed by atoms with Crippen molar-refractivity contribution in [1.82, 2.24) is 15.1 Å². The fraction of sp³-hybridized carbons (Fsp3) is 0.750. The van der Waals surface area contributed by atoms with E-state index in [2.05, 4.69) is 5.32 Å². The molecule has 3 aliphatic rings. The summed E-state index contributed by atoms with van der Waals surface area (Å²) in [5, 5.41) is 12.0. The number of carbonyl (C=O) groups is 4. The van der Waals surface area contributed by atoms with Gasteiger partial charge in [0.2, 0.25) is 5.91 Å². The molecule has 1 saturated carbocycles. The number of hydrogen-bond donors (Lipinski definition) is 2. The van der Waals surface area contributed by atoms with Crippen LogP contribution in [0.5, 0.6) is 0 Å². The van der Waals surface area contributed by atoms with Crippen LogP contribution in [0.3, 0.4) is 0 Å². The predicted octanol–water partition coefficient (Wildman–Crippen LogP) is 0.563. The van der Waals surface area contributed by atoms with Gasteiger partial charge in [-0.3, -0.25) is 14.5 Å². The minimum atomic E-state index is -1.05. The summed E-state index contributed by atoms with van der Waals surface area (Å²) < 4.78 is 0. The second-order valence-electron chi connectivity index (χ2n) is 7.02. The maximum atomic E-state index is 12.8. The summed E-state index contributed by atoms with van der Waals surface area (Å²) in [6.45, 7) is 1.91. The molecular formula is C16H23N3O5. The van der Waals surface area contributed by atoms with Crippen molar-refractivity contribution in [2.24, 2.45) is 5.92 Å². The minimum Gasteiger partial charge on any atom is -0.480 e. The first-order chi connectivity index (χ1) is 11.4. The fourth-order valence-electron chi connectivity index (χ4n) is 4.19. The summed E-state index contributed by atoms with van der Waals surface area (Å²) in [5.74, 6) is -1.85. The second-order valence-corrected chi connectivity index (χ2v) is 7.02. The molecule has 132 valence electrons. The SMILES string of the molecule is CC1CCCCC12NC(=O)N(CC(=O)N1CCC[C@H]1C(=O)O)C2=O. The highest BCUT2D eigenvalue weighted by atomic mass is 16.4. The Bertz CT molecular complexity index is 592. The molecule has 2 saturated heterocycles. The van der Waals surface area contributed by atoms with Gasteiger partial charge in [-0.15, -0.1) is 0 Å². The first-order valence-corrected chi connectivity index (χ1v) is 8.53. The van der Waals surface area contributed by atoms with E-state index in [4.69, 9.17) is 0 Å². The number of nitrogens with zero attached hydrogens (tertiary/aromatic N) is 2. The molecular weight excluding hydrogens is 314 g/mol. The number of carboxylic acid groups (broad SMARTS) is 1. The molecule has 0 aromatic heterocycles. The van der Waals surface area contributed by atoms with E-state index in [9.17, 15) is 24.3 Å². The molecule has 24 heavy (non-hydrogen) atoms. The molecule has 3 rings (SSSR count). The van der Waals surface area contributed by atoms with Crippen LogP contribution >= 0.6 is 0 Å². The first kappa shape index (κ1) is 16.7. The van der Waals surface area contributed by atoms with E-state index in [1.807, 2.05) is 6.92 Å². The number of likely N-dealkylation sites (tertiary alicyclic amines) is 1. The Morgan fingerprint density at radius 2 is 2.00 bits per heavy atom. The third-order valence-corrected chi connectivity index (χ3v) is 5.65. The number of urea groups is 1. The molecule has 0 bridgehead atoms. The molecule has 0 aromatic rings. The van der Waals surface area contributed by atoms with Crippen LogP contribution in [0.4, 0.5) is 4.79 Å². The van der Waals surface area contributed by atoms with Crippen LogP contribution in [0.2, 0.25) is 0 Å². The van der Waals surface area contributed by atoms with Crippen LogP contribution in [-0.4, -0.2) is 63.4 Å². The summed E-state index contributed by atoms with van der Waals surface area (Å²) in [4.78, 5) is 51.0. The average molecular weight is 337 g/mol. The number of hydrogen-bond acceptors (Lipinski definition) is 4. The number of amides is 4. The number of imide groups is 1. The van der Waals surface area contributed by atoms with Gasteiger partial charge in [-0.05, 0) is 31.6 Å². The number of aliphatic carboxylic acids is 1. The zero-order valence-corrected chi connectivity index (χ0v) is 13.8. The maximum Gasteiger partial charge on any atom is 0.326 e. The molecule has 0 radical (unpaired) electrons. The number of nitrogens with one attached hydrogen (secondary N) is 1. The van der Waals surface area contributed by atoms with Crippen molar-refractivity contribution < 1.29 is 24.3 Å². The standard InChI is InChI=1S/C16H23N3O5/c1-10-5-2-3-7-16(10)14(23)19(15(24)17-16)9-12(20)18-8-4-6-11(18)13(21)22/h10-11H,2-9H2,1H3,(H,17,24)(H,21,22)/t10?,11-,16?/m0/s1. The van der Waals surface area contributed by atoms with E-state index in [0.717, 1.165) is 24.2 Å². The molecule has 2 unspecified atom stereocenters. The lowest BCUT2D eigenvalue weighted by atomic mass is 9.73. The van der Waals surface area contributed by atoms with Crippen LogP contribution in [0, 0.1) is 5.92 Å². The Kier molecular flexibility index (Phi) is 4.23. The van der Waals surface area contributed by atoms with E-state index in [-0.39, 0.29) is 18.4 Å². The molecule has 2 aliphatic heterocycles. The van der Waals surface area contributed by atoms with Crippen LogP contribution in [0.1, 0.15) is 45.4 Å². The van der Waals surface area contributed by atoms with Gasteiger partial charge in [0.1, 0.15) is 18.1 Å². The fourth-order valence-corrected chi connectivity index (χ4v) is 4.19. The van der Waals surface area contributed by atoms with Crippen molar-refractivity contribution in [1.29, 1.82) is 0 Å². The van der Waals surface area contributed by atoms with E-state index in [1.54, 1.807) is 0 Å². The van der Waals surface area contributed by atoms with Gasteiger partial charge in [0.25, 0.3) is 5.91 Å². The second kappa shape index (κ2) is 6.07. The molecule has 3 fully saturated rings. The summed E-state index contributed by atoms with van der Waals surface area (Å²) in [7, 11) is 0. The quantitative estimate of drug-likeness (QED) is 0.732. The molecule has 0 aromatic carbocycles. The normalized spacial score (nSPS) is 33.2. The third-order valence-electron chi connectivity index (χ3n) is 5.65. The van der Waals surface area contributed by atoms with Gasteiger partial charge in [-0.25, -0.2) is 9.59 Å². The first-order valence-electron chi connectivity index (χ1n) is 8.53. The molecule has 2 N–H and O–H groups in total. The molecule has 3 atom stereocenters. The van der Waals surface area contributed by atoms with Crippen molar-refractivity contribution in [2.75, 3.05) is 13.1 Å². The average Bonchev–Trinajstić information content (AvgIpc) is 3.11. The summed E-state index contributed by atoms with van der Waals surface area (Å²) in [5.41, 5.74) is -0.896. The lowest BCUT2D eigenvalue weighted by molar-refractivity contribution is -0.149. The minimum absolute atomic E-state index is 0.0290. The summed E-state index contributed by atoms with van der Waals surface area (Å²) in [6.07, 6.45) is 4.36. The Morgan fingerprint density at radius 3 is 2.67 bits per heavy atom. The molecule has 8 heteroatoms. The highest BCUT2D eigenvalue weighted by molar-refractivity contribution is 6.09. The zero-order chi connectivity index (χ0) is 17.5. The van der Waals surface area contributed by atoms with E-state index in [1.165, 1.54) is 4.90 Å². The van der Waals surface area contributed by atoms with Gasteiger partial charge < -0.3 is 15.3 Å². The number of carboxylic acids is 1. The van der Waals surface area contributed by atoms with Gasteiger partial charge in [0.05, 0.1) is 0 Å². The van der Waals surface area contributed by atoms with Gasteiger partial charge in [-0.1, -0.05) is 19.8 Å². The number of rotatable bonds is 3. The highest BCUT2D eigenvalue weighted by Crippen LogP contribution is 2.38. The van der Waals surface area contributed by atoms with E-state index >= 15 is 0 Å². The molecule has 2 heterocycles. The maximum absolute atomic E-state index is 12.8. The van der Waals surface area contributed by atoms with Gasteiger partial charge in [-0.2, -0.15) is 0 Å². The molecule has 1 spiro atoms. The lowest BCUT2D eigenvalue weighted by Crippen LogP contribution is -2.54. The van der Waals surface area contributed by atoms with Crippen LogP contribution in [-0.2, 0) is 14.4 Å². The monoisotopic (exact) mass is 337 g/mol. The molecule has 8 nitrogen and oxygen atoms in total. The van der Waals surface area contributed by atoms with Crippen LogP contribution in [0.25, 0.3) is 0 Å². The topological polar surface area (TPSA) is 107 Å². The third kappa shape index (κ3) is 2.53. The Hall–Kier alpha value is -2.12. The predicted molar refractivity (Wildman–Crippen MR) is 83.0 cm³/mol. The summed E-state index contributed by atoms with van der Waals surface area (Å²) in [6, 6.07) is -1.41. The summed E-state index contributed by atoms with van der Waals surface area (Å²) >= 11 is 0. The van der Waals surface area contributed by atoms with E-state index < -0.39 is 29.5 Å². The zero-order valence-electron chi connectivity index (χ0n) is 13.8. The Balaban J connectivity index is 1.73. The highest BCUT2D eigenvalue weighted by Gasteiger charge is 2.55. The lowest BCUT2D eigenvalue weighted by Gasteiger charge is -2.36. The smallest absolute Gasteiger partial charge is 0.326 e. The van der Waals surface area contributed by atoms with Crippen molar-refractivity contribution >= 4 is 23.8 Å². The van der Waals surface area contributed by atoms with Crippen molar-refractivity contribution in [3.63, 3.8) is 0 Å². The van der Waals surface area contributed by atoms with Crippen molar-refractivity contribution in [3.8, 4) is 0 Å². The number of carbonyl (C=O) groups excluding carboxylic acids is 3.